The summed E-state index contributed by atoms with van der Waals surface area (Å²) in [6.07, 6.45) is 6.95. The number of amidine groups is 1. The fraction of sp³-hybridized carbons (Fsp3) is 0.333. The maximum atomic E-state index is 12.4. The highest BCUT2D eigenvalue weighted by molar-refractivity contribution is 8.18. The van der Waals surface area contributed by atoms with E-state index in [0.29, 0.717) is 21.8 Å². The largest absolute Gasteiger partial charge is 0.499 e. The number of amides is 2. The van der Waals surface area contributed by atoms with E-state index in [0.717, 1.165) is 47.6 Å². The number of thioether (sulfide) groups is 1. The third-order valence-corrected chi connectivity index (χ3v) is 6.92. The summed E-state index contributed by atoms with van der Waals surface area (Å²) in [5.74, 6) is 0.742. The van der Waals surface area contributed by atoms with E-state index in [1.165, 1.54) is 28.7 Å². The minimum absolute atomic E-state index is 0.0200. The fourth-order valence-corrected chi connectivity index (χ4v) is 4.90. The first-order valence-corrected chi connectivity index (χ1v) is 12.5. The molecule has 1 saturated carbocycles. The van der Waals surface area contributed by atoms with Crippen molar-refractivity contribution in [2.45, 2.75) is 39.5 Å². The smallest absolute Gasteiger partial charge is 0.264 e. The van der Waals surface area contributed by atoms with Gasteiger partial charge in [0, 0.05) is 18.5 Å². The van der Waals surface area contributed by atoms with E-state index in [9.17, 15) is 9.59 Å². The highest BCUT2D eigenvalue weighted by atomic mass is 32.2. The summed E-state index contributed by atoms with van der Waals surface area (Å²) in [4.78, 5) is 34.5. The van der Waals surface area contributed by atoms with E-state index in [4.69, 9.17) is 4.74 Å². The minimum Gasteiger partial charge on any atom is -0.499 e. The number of carbonyl (C=O) groups is 2. The number of hydrogen-bond donors (Lipinski definition) is 2. The summed E-state index contributed by atoms with van der Waals surface area (Å²) in [6, 6.07) is 6.11. The fourth-order valence-electron chi connectivity index (χ4n) is 3.24. The van der Waals surface area contributed by atoms with E-state index in [1.54, 1.807) is 12.3 Å². The summed E-state index contributed by atoms with van der Waals surface area (Å²) in [5, 5.41) is 6.75. The van der Waals surface area contributed by atoms with Crippen LogP contribution in [0.4, 0.5) is 10.8 Å². The maximum Gasteiger partial charge on any atom is 0.264 e. The van der Waals surface area contributed by atoms with E-state index in [1.807, 2.05) is 26.0 Å². The van der Waals surface area contributed by atoms with Crippen LogP contribution in [0.25, 0.3) is 6.08 Å². The van der Waals surface area contributed by atoms with Gasteiger partial charge in [-0.15, -0.1) is 0 Å². The SMILES string of the molecule is C=C(CCc1ccc(N=C2NC(=O)/C(=C/c3cnc(NC(=O)C4CC4)s3)S2)c(C)c1)OCC. The van der Waals surface area contributed by atoms with Crippen LogP contribution in [0.3, 0.4) is 0 Å². The highest BCUT2D eigenvalue weighted by Crippen LogP contribution is 2.33. The van der Waals surface area contributed by atoms with Gasteiger partial charge in [0.25, 0.3) is 5.91 Å². The summed E-state index contributed by atoms with van der Waals surface area (Å²) in [7, 11) is 0. The molecule has 2 fully saturated rings. The Kier molecular flexibility index (Phi) is 7.29. The molecule has 1 aromatic heterocycles. The first-order valence-electron chi connectivity index (χ1n) is 10.9. The zero-order chi connectivity index (χ0) is 23.4. The number of ether oxygens (including phenoxy) is 1. The first-order chi connectivity index (χ1) is 15.9. The average molecular weight is 483 g/mol. The third-order valence-electron chi connectivity index (χ3n) is 5.15. The molecule has 1 aliphatic carbocycles. The van der Waals surface area contributed by atoms with Crippen molar-refractivity contribution in [1.29, 1.82) is 0 Å². The third kappa shape index (κ3) is 6.33. The molecule has 0 bridgehead atoms. The number of nitrogens with zero attached hydrogens (tertiary/aromatic N) is 2. The molecule has 2 amide bonds. The van der Waals surface area contributed by atoms with Gasteiger partial charge in [-0.05, 0) is 68.1 Å². The molecule has 4 rings (SSSR count). The van der Waals surface area contributed by atoms with Gasteiger partial charge in [-0.2, -0.15) is 0 Å². The van der Waals surface area contributed by atoms with E-state index < -0.39 is 0 Å². The van der Waals surface area contributed by atoms with Gasteiger partial charge in [0.2, 0.25) is 5.91 Å². The molecule has 1 saturated heterocycles. The van der Waals surface area contributed by atoms with Gasteiger partial charge in [-0.25, -0.2) is 9.98 Å². The summed E-state index contributed by atoms with van der Waals surface area (Å²) >= 11 is 2.64. The predicted molar refractivity (Wildman–Crippen MR) is 135 cm³/mol. The Balaban J connectivity index is 1.39. The number of anilines is 1. The van der Waals surface area contributed by atoms with Crippen molar-refractivity contribution >= 4 is 57.0 Å². The zero-order valence-electron chi connectivity index (χ0n) is 18.6. The lowest BCUT2D eigenvalue weighted by Gasteiger charge is -2.08. The molecule has 7 nitrogen and oxygen atoms in total. The lowest BCUT2D eigenvalue weighted by molar-refractivity contribution is -0.117. The quantitative estimate of drug-likeness (QED) is 0.380. The van der Waals surface area contributed by atoms with Crippen molar-refractivity contribution in [1.82, 2.24) is 10.3 Å². The summed E-state index contributed by atoms with van der Waals surface area (Å²) in [5.41, 5.74) is 3.04. The van der Waals surface area contributed by atoms with Crippen molar-refractivity contribution in [3.8, 4) is 0 Å². The second-order valence-electron chi connectivity index (χ2n) is 7.91. The molecule has 1 aromatic carbocycles. The second kappa shape index (κ2) is 10.4. The average Bonchev–Trinajstić information content (AvgIpc) is 3.46. The molecule has 9 heteroatoms. The van der Waals surface area contributed by atoms with Gasteiger partial charge < -0.3 is 15.4 Å². The van der Waals surface area contributed by atoms with Crippen LogP contribution >= 0.6 is 23.1 Å². The second-order valence-corrected chi connectivity index (χ2v) is 10.00. The Morgan fingerprint density at radius 2 is 2.24 bits per heavy atom. The van der Waals surface area contributed by atoms with Crippen LogP contribution < -0.4 is 10.6 Å². The highest BCUT2D eigenvalue weighted by Gasteiger charge is 2.30. The lowest BCUT2D eigenvalue weighted by Crippen LogP contribution is -2.19. The van der Waals surface area contributed by atoms with E-state index >= 15 is 0 Å². The van der Waals surface area contributed by atoms with Crippen molar-refractivity contribution in [2.24, 2.45) is 10.9 Å². The Morgan fingerprint density at radius 1 is 1.42 bits per heavy atom. The van der Waals surface area contributed by atoms with Crippen molar-refractivity contribution in [3.05, 3.63) is 57.6 Å². The van der Waals surface area contributed by atoms with E-state index in [-0.39, 0.29) is 17.7 Å². The number of aryl methyl sites for hydroxylation is 2. The molecule has 172 valence electrons. The standard InChI is InChI=1S/C24H26N4O3S2/c1-4-31-15(3)5-6-16-7-10-19(14(2)11-16)26-24-28-22(30)20(33-24)12-18-13-25-23(32-18)27-21(29)17-8-9-17/h7,10-13,17H,3-6,8-9H2,1-2H3,(H,25,27,29)(H,26,28,30)/b20-12-. The minimum atomic E-state index is -0.195. The van der Waals surface area contributed by atoms with Gasteiger partial charge in [-0.3, -0.25) is 9.59 Å². The molecule has 2 heterocycles. The van der Waals surface area contributed by atoms with Crippen LogP contribution in [-0.2, 0) is 20.7 Å². The Bertz CT molecular complexity index is 1150. The number of hydrogen-bond acceptors (Lipinski definition) is 7. The van der Waals surface area contributed by atoms with Gasteiger partial charge in [0.1, 0.15) is 0 Å². The molecule has 2 N–H and O–H groups in total. The van der Waals surface area contributed by atoms with Crippen LogP contribution in [0.5, 0.6) is 0 Å². The molecule has 0 radical (unpaired) electrons. The number of aromatic nitrogens is 1. The van der Waals surface area contributed by atoms with Crippen LogP contribution in [0.1, 0.15) is 42.2 Å². The first kappa shape index (κ1) is 23.3. The van der Waals surface area contributed by atoms with E-state index in [2.05, 4.69) is 33.3 Å². The molecule has 2 aromatic rings. The number of thiazole rings is 1. The number of rotatable bonds is 9. The van der Waals surface area contributed by atoms with Crippen molar-refractivity contribution in [2.75, 3.05) is 11.9 Å². The molecule has 33 heavy (non-hydrogen) atoms. The molecule has 1 aliphatic heterocycles. The molecule has 0 spiro atoms. The van der Waals surface area contributed by atoms with Crippen molar-refractivity contribution in [3.63, 3.8) is 0 Å². The van der Waals surface area contributed by atoms with Gasteiger partial charge in [0.05, 0.1) is 27.8 Å². The molecule has 2 aliphatic rings. The molecular weight excluding hydrogens is 456 g/mol. The van der Waals surface area contributed by atoms with Gasteiger partial charge in [0.15, 0.2) is 10.3 Å². The van der Waals surface area contributed by atoms with Crippen molar-refractivity contribution < 1.29 is 14.3 Å². The Hall–Kier alpha value is -2.91. The topological polar surface area (TPSA) is 92.7 Å². The zero-order valence-corrected chi connectivity index (χ0v) is 20.3. The molecular formula is C24H26N4O3S2. The van der Waals surface area contributed by atoms with Crippen LogP contribution in [0.2, 0.25) is 0 Å². The number of carbonyl (C=O) groups excluding carboxylic acids is 2. The maximum absolute atomic E-state index is 12.4. The van der Waals surface area contributed by atoms with Gasteiger partial charge >= 0.3 is 0 Å². The van der Waals surface area contributed by atoms with Crippen LogP contribution in [0, 0.1) is 12.8 Å². The Morgan fingerprint density at radius 3 is 2.97 bits per heavy atom. The number of aliphatic imine (C=N–C) groups is 1. The summed E-state index contributed by atoms with van der Waals surface area (Å²) < 4.78 is 5.41. The molecule has 0 unspecified atom stereocenters. The Labute approximate surface area is 201 Å². The summed E-state index contributed by atoms with van der Waals surface area (Å²) in [6.45, 7) is 8.51. The number of allylic oxidation sites excluding steroid dienone is 1. The molecule has 0 atom stereocenters. The van der Waals surface area contributed by atoms with Gasteiger partial charge in [-0.1, -0.05) is 30.0 Å². The number of benzene rings is 1. The lowest BCUT2D eigenvalue weighted by atomic mass is 10.1. The normalized spacial score (nSPS) is 17.9. The van der Waals surface area contributed by atoms with Crippen LogP contribution in [-0.4, -0.2) is 28.6 Å². The number of nitrogens with one attached hydrogen (secondary N) is 2. The monoisotopic (exact) mass is 482 g/mol. The predicted octanol–water partition coefficient (Wildman–Crippen LogP) is 5.17. The van der Waals surface area contributed by atoms with Crippen LogP contribution in [0.15, 0.2) is 46.6 Å².